The lowest BCUT2D eigenvalue weighted by molar-refractivity contribution is 0.323. The number of ether oxygens (including phenoxy) is 2. The normalized spacial score (nSPS) is 20.6. The highest BCUT2D eigenvalue weighted by atomic mass is 16.5. The van der Waals surface area contributed by atoms with Crippen molar-refractivity contribution in [3.8, 4) is 0 Å². The van der Waals surface area contributed by atoms with Crippen LogP contribution in [0.1, 0.15) is 34.3 Å². The Balaban J connectivity index is 1.41. The quantitative estimate of drug-likeness (QED) is 0.480. The Morgan fingerprint density at radius 2 is 1.11 bits per heavy atom. The fraction of sp³-hybridized carbons (Fsp3) is 0.200. The predicted molar refractivity (Wildman–Crippen MR) is 141 cm³/mol. The number of aliphatic imine (C=N–C) groups is 2. The van der Waals surface area contributed by atoms with Gasteiger partial charge in [-0.05, 0) is 48.2 Å². The summed E-state index contributed by atoms with van der Waals surface area (Å²) in [6.07, 6.45) is 4.00. The summed E-state index contributed by atoms with van der Waals surface area (Å²) in [5.74, 6) is 1.29. The predicted octanol–water partition coefficient (Wildman–Crippen LogP) is 4.69. The molecule has 0 saturated heterocycles. The Bertz CT molecular complexity index is 1450. The lowest BCUT2D eigenvalue weighted by Crippen LogP contribution is -2.14. The first-order valence-electron chi connectivity index (χ1n) is 12.0. The Hall–Kier alpha value is -4.12. The van der Waals surface area contributed by atoms with Gasteiger partial charge in [-0.3, -0.25) is 0 Å². The van der Waals surface area contributed by atoms with E-state index in [0.29, 0.717) is 25.0 Å². The minimum absolute atomic E-state index is 0.0230. The van der Waals surface area contributed by atoms with Crippen molar-refractivity contribution < 1.29 is 9.47 Å². The second kappa shape index (κ2) is 8.91. The van der Waals surface area contributed by atoms with Crippen molar-refractivity contribution in [2.45, 2.75) is 25.9 Å². The van der Waals surface area contributed by atoms with Crippen LogP contribution >= 0.6 is 0 Å². The SMILES string of the molecule is Cc1cc2/c(=C/C3=NC(c4ccccc4)CO3)[nH]/c(=C\C3=NC(c4ccccc4)CO3)c2cc1C. The zero-order valence-electron chi connectivity index (χ0n) is 19.9. The van der Waals surface area contributed by atoms with Crippen molar-refractivity contribution >= 4 is 34.7 Å². The molecule has 0 fully saturated rings. The van der Waals surface area contributed by atoms with Gasteiger partial charge in [0.1, 0.15) is 25.3 Å². The Labute approximate surface area is 204 Å². The molecule has 1 N–H and O–H groups in total. The minimum Gasteiger partial charge on any atom is -0.475 e. The molecule has 4 aromatic rings. The topological polar surface area (TPSA) is 59.0 Å². The molecule has 5 nitrogen and oxygen atoms in total. The molecule has 2 aliphatic heterocycles. The highest BCUT2D eigenvalue weighted by Crippen LogP contribution is 2.24. The van der Waals surface area contributed by atoms with E-state index in [-0.39, 0.29) is 12.1 Å². The van der Waals surface area contributed by atoms with Crippen LogP contribution in [0.15, 0.2) is 82.8 Å². The number of benzene rings is 3. The third-order valence-corrected chi connectivity index (χ3v) is 6.73. The van der Waals surface area contributed by atoms with Crippen molar-refractivity contribution in [2.75, 3.05) is 13.2 Å². The molecule has 0 radical (unpaired) electrons. The van der Waals surface area contributed by atoms with E-state index in [1.165, 1.54) is 11.1 Å². The number of fused-ring (bicyclic) bond motifs is 1. The van der Waals surface area contributed by atoms with Gasteiger partial charge in [0.2, 0.25) is 11.8 Å². The number of aromatic nitrogens is 1. The third kappa shape index (κ3) is 4.26. The number of nitrogens with one attached hydrogen (secondary N) is 1. The maximum Gasteiger partial charge on any atom is 0.211 e. The maximum atomic E-state index is 5.95. The van der Waals surface area contributed by atoms with Crippen LogP contribution in [-0.2, 0) is 9.47 Å². The first kappa shape index (κ1) is 21.4. The smallest absolute Gasteiger partial charge is 0.211 e. The number of H-pyrrole nitrogens is 1. The molecule has 35 heavy (non-hydrogen) atoms. The van der Waals surface area contributed by atoms with E-state index in [2.05, 4.69) is 55.2 Å². The lowest BCUT2D eigenvalue weighted by atomic mass is 10.0. The molecule has 0 amide bonds. The molecule has 6 rings (SSSR count). The summed E-state index contributed by atoms with van der Waals surface area (Å²) in [5.41, 5.74) is 4.81. The molecule has 174 valence electrons. The van der Waals surface area contributed by atoms with Crippen LogP contribution in [0, 0.1) is 13.8 Å². The largest absolute Gasteiger partial charge is 0.475 e. The lowest BCUT2D eigenvalue weighted by Gasteiger charge is -2.03. The molecule has 1 aromatic heterocycles. The fourth-order valence-electron chi connectivity index (χ4n) is 4.65. The van der Waals surface area contributed by atoms with Crippen LogP contribution in [0.5, 0.6) is 0 Å². The first-order valence-corrected chi connectivity index (χ1v) is 12.0. The fourth-order valence-corrected chi connectivity index (χ4v) is 4.65. The molecule has 3 aromatic carbocycles. The summed E-state index contributed by atoms with van der Waals surface area (Å²) in [6.45, 7) is 5.38. The monoisotopic (exact) mass is 461 g/mol. The number of hydrogen-bond acceptors (Lipinski definition) is 4. The summed E-state index contributed by atoms with van der Waals surface area (Å²) in [7, 11) is 0. The Kier molecular flexibility index (Phi) is 5.45. The van der Waals surface area contributed by atoms with Crippen LogP contribution in [-0.4, -0.2) is 30.0 Å². The number of aryl methyl sites for hydroxylation is 2. The molecule has 2 unspecified atom stereocenters. The van der Waals surface area contributed by atoms with Crippen LogP contribution < -0.4 is 10.7 Å². The number of nitrogens with zero attached hydrogens (tertiary/aromatic N) is 2. The van der Waals surface area contributed by atoms with Crippen molar-refractivity contribution in [3.05, 3.63) is 106 Å². The average molecular weight is 462 g/mol. The van der Waals surface area contributed by atoms with Gasteiger partial charge < -0.3 is 14.5 Å². The van der Waals surface area contributed by atoms with E-state index < -0.39 is 0 Å². The van der Waals surface area contributed by atoms with Gasteiger partial charge in [0.05, 0.1) is 10.7 Å². The number of hydrogen-bond donors (Lipinski definition) is 1. The number of rotatable bonds is 4. The van der Waals surface area contributed by atoms with Crippen LogP contribution in [0.4, 0.5) is 0 Å². The molecule has 0 bridgehead atoms. The third-order valence-electron chi connectivity index (χ3n) is 6.73. The van der Waals surface area contributed by atoms with Crippen molar-refractivity contribution in [1.29, 1.82) is 0 Å². The Morgan fingerprint density at radius 3 is 1.54 bits per heavy atom. The van der Waals surface area contributed by atoms with Crippen LogP contribution in [0.25, 0.3) is 22.9 Å². The van der Waals surface area contributed by atoms with E-state index in [1.54, 1.807) is 0 Å². The summed E-state index contributed by atoms with van der Waals surface area (Å²) >= 11 is 0. The zero-order chi connectivity index (χ0) is 23.8. The van der Waals surface area contributed by atoms with Crippen LogP contribution in [0.3, 0.4) is 0 Å². The van der Waals surface area contributed by atoms with E-state index in [1.807, 2.05) is 48.6 Å². The van der Waals surface area contributed by atoms with Crippen LogP contribution in [0.2, 0.25) is 0 Å². The van der Waals surface area contributed by atoms with Crippen molar-refractivity contribution in [2.24, 2.45) is 9.98 Å². The summed E-state index contributed by atoms with van der Waals surface area (Å²) < 4.78 is 11.9. The molecule has 0 spiro atoms. The molecular formula is C30H27N3O2. The molecular weight excluding hydrogens is 434 g/mol. The van der Waals surface area contributed by atoms with Gasteiger partial charge in [0.15, 0.2) is 0 Å². The van der Waals surface area contributed by atoms with Gasteiger partial charge in [-0.1, -0.05) is 60.7 Å². The van der Waals surface area contributed by atoms with E-state index in [4.69, 9.17) is 19.5 Å². The number of aromatic amines is 1. The van der Waals surface area contributed by atoms with Gasteiger partial charge >= 0.3 is 0 Å². The summed E-state index contributed by atoms with van der Waals surface area (Å²) in [4.78, 5) is 13.2. The average Bonchev–Trinajstić information content (AvgIpc) is 3.62. The van der Waals surface area contributed by atoms with E-state index in [9.17, 15) is 0 Å². The Morgan fingerprint density at radius 1 is 0.686 bits per heavy atom. The van der Waals surface area contributed by atoms with Gasteiger partial charge in [0.25, 0.3) is 0 Å². The molecule has 3 heterocycles. The van der Waals surface area contributed by atoms with Gasteiger partial charge in [-0.2, -0.15) is 0 Å². The first-order chi connectivity index (χ1) is 17.1. The van der Waals surface area contributed by atoms with Gasteiger partial charge in [0, 0.05) is 22.9 Å². The van der Waals surface area contributed by atoms with Gasteiger partial charge in [-0.25, -0.2) is 9.98 Å². The zero-order valence-corrected chi connectivity index (χ0v) is 19.9. The van der Waals surface area contributed by atoms with E-state index in [0.717, 1.165) is 32.6 Å². The minimum atomic E-state index is 0.0230. The molecule has 5 heteroatoms. The molecule has 2 atom stereocenters. The summed E-state index contributed by atoms with van der Waals surface area (Å²) in [6, 6.07) is 25.0. The van der Waals surface area contributed by atoms with Gasteiger partial charge in [-0.15, -0.1) is 0 Å². The maximum absolute atomic E-state index is 5.95. The van der Waals surface area contributed by atoms with E-state index >= 15 is 0 Å². The molecule has 0 aliphatic carbocycles. The standard InChI is InChI=1S/C30H27N3O2/c1-19-13-23-24(14-20(19)2)26(16-30-33-28(18-35-30)22-11-7-4-8-12-22)31-25(23)15-29-32-27(17-34-29)21-9-5-3-6-10-21/h3-16,27-28,31H,17-18H2,1-2H3/b25-15-,26-16-. The second-order valence-corrected chi connectivity index (χ2v) is 9.13. The summed E-state index contributed by atoms with van der Waals surface area (Å²) in [5, 5.41) is 4.21. The molecule has 0 saturated carbocycles. The highest BCUT2D eigenvalue weighted by molar-refractivity contribution is 6.09. The molecule has 2 aliphatic rings. The highest BCUT2D eigenvalue weighted by Gasteiger charge is 2.21. The van der Waals surface area contributed by atoms with Crippen molar-refractivity contribution in [1.82, 2.24) is 4.98 Å². The second-order valence-electron chi connectivity index (χ2n) is 9.13. The van der Waals surface area contributed by atoms with Crippen molar-refractivity contribution in [3.63, 3.8) is 0 Å².